The second-order valence-corrected chi connectivity index (χ2v) is 5.57. The second kappa shape index (κ2) is 7.47. The van der Waals surface area contributed by atoms with E-state index < -0.39 is 0 Å². The molecule has 0 saturated heterocycles. The zero-order valence-electron chi connectivity index (χ0n) is 12.4. The fourth-order valence-corrected chi connectivity index (χ4v) is 2.27. The number of nitrogens with zero attached hydrogens (tertiary/aromatic N) is 4. The molecule has 2 aromatic heterocycles. The lowest BCUT2D eigenvalue weighted by Gasteiger charge is -2.04. The summed E-state index contributed by atoms with van der Waals surface area (Å²) in [5, 5.41) is 12.0. The standard InChI is InChI=1S/C14H17Cl2N5O/c1-10-13(15)14(16)21(19-10)7-3-6-17-12(22)5-4-11-8-18-20(2)9-11/h4-5,8-9H,3,6-7H2,1-2H3,(H,17,22)/b5-4+. The van der Waals surface area contributed by atoms with Crippen LogP contribution in [-0.4, -0.2) is 32.0 Å². The molecule has 0 bridgehead atoms. The summed E-state index contributed by atoms with van der Waals surface area (Å²) in [6, 6.07) is 0. The predicted molar refractivity (Wildman–Crippen MR) is 86.9 cm³/mol. The molecule has 1 amide bonds. The lowest BCUT2D eigenvalue weighted by Crippen LogP contribution is -2.23. The molecule has 118 valence electrons. The van der Waals surface area contributed by atoms with E-state index in [1.165, 1.54) is 6.08 Å². The lowest BCUT2D eigenvalue weighted by atomic mass is 10.3. The summed E-state index contributed by atoms with van der Waals surface area (Å²) in [5.74, 6) is -0.148. The van der Waals surface area contributed by atoms with Crippen molar-refractivity contribution in [2.24, 2.45) is 7.05 Å². The van der Waals surface area contributed by atoms with Crippen LogP contribution in [0, 0.1) is 6.92 Å². The highest BCUT2D eigenvalue weighted by Gasteiger charge is 2.10. The Balaban J connectivity index is 1.73. The Labute approximate surface area is 138 Å². The van der Waals surface area contributed by atoms with E-state index in [2.05, 4.69) is 15.5 Å². The summed E-state index contributed by atoms with van der Waals surface area (Å²) < 4.78 is 3.31. The van der Waals surface area contributed by atoms with Gasteiger partial charge < -0.3 is 5.32 Å². The zero-order valence-corrected chi connectivity index (χ0v) is 13.9. The van der Waals surface area contributed by atoms with Gasteiger partial charge in [0, 0.05) is 38.0 Å². The van der Waals surface area contributed by atoms with E-state index in [0.29, 0.717) is 35.4 Å². The Bertz CT molecular complexity index is 689. The van der Waals surface area contributed by atoms with Gasteiger partial charge in [-0.15, -0.1) is 0 Å². The highest BCUT2D eigenvalue weighted by atomic mass is 35.5. The van der Waals surface area contributed by atoms with Gasteiger partial charge in [0.1, 0.15) is 10.2 Å². The van der Waals surface area contributed by atoms with Crippen LogP contribution in [-0.2, 0) is 18.4 Å². The molecule has 0 radical (unpaired) electrons. The minimum atomic E-state index is -0.148. The molecule has 2 heterocycles. The number of hydrogen-bond donors (Lipinski definition) is 1. The molecular weight excluding hydrogens is 325 g/mol. The Morgan fingerprint density at radius 3 is 2.82 bits per heavy atom. The molecule has 0 aromatic carbocycles. The fourth-order valence-electron chi connectivity index (χ4n) is 1.88. The second-order valence-electron chi connectivity index (χ2n) is 4.84. The first-order valence-corrected chi connectivity index (χ1v) is 7.56. The third-order valence-electron chi connectivity index (χ3n) is 2.99. The van der Waals surface area contributed by atoms with Crippen LogP contribution in [0.2, 0.25) is 10.2 Å². The van der Waals surface area contributed by atoms with Gasteiger partial charge in [0.25, 0.3) is 0 Å². The minimum absolute atomic E-state index is 0.148. The molecule has 0 aliphatic rings. The van der Waals surface area contributed by atoms with Gasteiger partial charge in [-0.3, -0.25) is 14.2 Å². The SMILES string of the molecule is Cc1nn(CCCNC(=O)/C=C/c2cnn(C)c2)c(Cl)c1Cl. The monoisotopic (exact) mass is 341 g/mol. The van der Waals surface area contributed by atoms with Gasteiger partial charge in [-0.1, -0.05) is 23.2 Å². The van der Waals surface area contributed by atoms with Crippen molar-refractivity contribution in [2.45, 2.75) is 19.9 Å². The summed E-state index contributed by atoms with van der Waals surface area (Å²) in [5.41, 5.74) is 1.58. The third kappa shape index (κ3) is 4.35. The number of halogens is 2. The molecule has 2 aromatic rings. The van der Waals surface area contributed by atoms with Crippen LogP contribution < -0.4 is 5.32 Å². The van der Waals surface area contributed by atoms with Gasteiger partial charge in [-0.2, -0.15) is 10.2 Å². The van der Waals surface area contributed by atoms with Crippen LogP contribution in [0.25, 0.3) is 6.08 Å². The van der Waals surface area contributed by atoms with Gasteiger partial charge in [0.05, 0.1) is 11.9 Å². The smallest absolute Gasteiger partial charge is 0.244 e. The van der Waals surface area contributed by atoms with Crippen LogP contribution in [0.3, 0.4) is 0 Å². The normalized spacial score (nSPS) is 11.3. The number of aryl methyl sites for hydroxylation is 3. The van der Waals surface area contributed by atoms with E-state index in [1.807, 2.05) is 13.2 Å². The van der Waals surface area contributed by atoms with E-state index in [4.69, 9.17) is 23.2 Å². The Morgan fingerprint density at radius 1 is 1.45 bits per heavy atom. The Hall–Kier alpha value is -1.79. The van der Waals surface area contributed by atoms with Crippen LogP contribution in [0.15, 0.2) is 18.5 Å². The molecule has 0 fully saturated rings. The summed E-state index contributed by atoms with van der Waals surface area (Å²) in [7, 11) is 1.83. The first kappa shape index (κ1) is 16.6. The van der Waals surface area contributed by atoms with Crippen LogP contribution in [0.4, 0.5) is 0 Å². The van der Waals surface area contributed by atoms with Crippen molar-refractivity contribution >= 4 is 35.2 Å². The average Bonchev–Trinajstić information content (AvgIpc) is 3.01. The zero-order chi connectivity index (χ0) is 16.1. The first-order chi connectivity index (χ1) is 10.5. The molecule has 0 spiro atoms. The number of carbonyl (C=O) groups is 1. The molecule has 0 saturated carbocycles. The number of carbonyl (C=O) groups excluding carboxylic acids is 1. The van der Waals surface area contributed by atoms with E-state index >= 15 is 0 Å². The molecular formula is C14H17Cl2N5O. The number of amides is 1. The van der Waals surface area contributed by atoms with Crippen molar-refractivity contribution in [2.75, 3.05) is 6.54 Å². The van der Waals surface area contributed by atoms with E-state index in [9.17, 15) is 4.79 Å². The van der Waals surface area contributed by atoms with Crippen molar-refractivity contribution in [3.8, 4) is 0 Å². The summed E-state index contributed by atoms with van der Waals surface area (Å²) in [4.78, 5) is 11.7. The first-order valence-electron chi connectivity index (χ1n) is 6.80. The molecule has 2 rings (SSSR count). The fraction of sp³-hybridized carbons (Fsp3) is 0.357. The highest BCUT2D eigenvalue weighted by Crippen LogP contribution is 2.24. The maximum atomic E-state index is 11.7. The third-order valence-corrected chi connectivity index (χ3v) is 3.93. The van der Waals surface area contributed by atoms with E-state index in [-0.39, 0.29) is 5.91 Å². The number of rotatable bonds is 6. The summed E-state index contributed by atoms with van der Waals surface area (Å²) >= 11 is 12.0. The Morgan fingerprint density at radius 2 is 2.23 bits per heavy atom. The van der Waals surface area contributed by atoms with Crippen molar-refractivity contribution < 1.29 is 4.79 Å². The number of aromatic nitrogens is 4. The van der Waals surface area contributed by atoms with Crippen LogP contribution in [0.1, 0.15) is 17.7 Å². The lowest BCUT2D eigenvalue weighted by molar-refractivity contribution is -0.116. The van der Waals surface area contributed by atoms with Crippen LogP contribution >= 0.6 is 23.2 Å². The molecule has 6 nitrogen and oxygen atoms in total. The minimum Gasteiger partial charge on any atom is -0.352 e. The van der Waals surface area contributed by atoms with Gasteiger partial charge in [-0.25, -0.2) is 0 Å². The van der Waals surface area contributed by atoms with Crippen molar-refractivity contribution in [3.05, 3.63) is 39.9 Å². The average molecular weight is 342 g/mol. The summed E-state index contributed by atoms with van der Waals surface area (Å²) in [6.07, 6.45) is 7.43. The van der Waals surface area contributed by atoms with Gasteiger partial charge in [0.15, 0.2) is 0 Å². The van der Waals surface area contributed by atoms with Crippen molar-refractivity contribution in [3.63, 3.8) is 0 Å². The maximum absolute atomic E-state index is 11.7. The molecule has 0 aliphatic heterocycles. The van der Waals surface area contributed by atoms with E-state index in [1.54, 1.807) is 28.6 Å². The molecule has 8 heteroatoms. The molecule has 0 aliphatic carbocycles. The quantitative estimate of drug-likeness (QED) is 0.648. The maximum Gasteiger partial charge on any atom is 0.244 e. The molecule has 0 unspecified atom stereocenters. The van der Waals surface area contributed by atoms with Crippen LogP contribution in [0.5, 0.6) is 0 Å². The highest BCUT2D eigenvalue weighted by molar-refractivity contribution is 6.41. The van der Waals surface area contributed by atoms with Gasteiger partial charge >= 0.3 is 0 Å². The number of hydrogen-bond acceptors (Lipinski definition) is 3. The van der Waals surface area contributed by atoms with Gasteiger partial charge in [-0.05, 0) is 19.4 Å². The van der Waals surface area contributed by atoms with Crippen molar-refractivity contribution in [1.29, 1.82) is 0 Å². The Kier molecular flexibility index (Phi) is 5.63. The van der Waals surface area contributed by atoms with Crippen molar-refractivity contribution in [1.82, 2.24) is 24.9 Å². The topological polar surface area (TPSA) is 64.7 Å². The molecule has 1 N–H and O–H groups in total. The summed E-state index contributed by atoms with van der Waals surface area (Å²) in [6.45, 7) is 2.93. The number of nitrogens with one attached hydrogen (secondary N) is 1. The largest absolute Gasteiger partial charge is 0.352 e. The van der Waals surface area contributed by atoms with Gasteiger partial charge in [0.2, 0.25) is 5.91 Å². The predicted octanol–water partition coefficient (Wildman–Crippen LogP) is 2.45. The molecule has 0 atom stereocenters. The molecule has 22 heavy (non-hydrogen) atoms. The van der Waals surface area contributed by atoms with E-state index in [0.717, 1.165) is 5.56 Å².